The maximum absolute atomic E-state index is 9.95. The predicted molar refractivity (Wildman–Crippen MR) is 63.2 cm³/mol. The van der Waals surface area contributed by atoms with E-state index in [9.17, 15) is 5.11 Å². The summed E-state index contributed by atoms with van der Waals surface area (Å²) in [5, 5.41) is 16.2. The summed E-state index contributed by atoms with van der Waals surface area (Å²) in [5.41, 5.74) is 0.915. The minimum absolute atomic E-state index is 0.267. The Morgan fingerprint density at radius 1 is 1.57 bits per heavy atom. The molecular formula is C8H12N2OS3. The quantitative estimate of drug-likeness (QED) is 0.873. The van der Waals surface area contributed by atoms with Crippen LogP contribution in [0.2, 0.25) is 0 Å². The van der Waals surface area contributed by atoms with Gasteiger partial charge >= 0.3 is 0 Å². The van der Waals surface area contributed by atoms with E-state index in [4.69, 9.17) is 0 Å². The largest absolute Gasteiger partial charge is 0.392 e. The Labute approximate surface area is 95.8 Å². The van der Waals surface area contributed by atoms with Gasteiger partial charge in [0, 0.05) is 34.3 Å². The lowest BCUT2D eigenvalue weighted by atomic mass is 10.1. The lowest BCUT2D eigenvalue weighted by Crippen LogP contribution is -2.30. The number of aromatic nitrogens is 2. The molecule has 0 aromatic carbocycles. The third kappa shape index (κ3) is 2.85. The molecule has 0 aliphatic carbocycles. The number of hydrogen-bond acceptors (Lipinski definition) is 6. The van der Waals surface area contributed by atoms with E-state index >= 15 is 0 Å². The first-order valence-electron chi connectivity index (χ1n) is 4.49. The molecule has 1 aromatic heterocycles. The van der Waals surface area contributed by atoms with Crippen LogP contribution in [-0.4, -0.2) is 43.3 Å². The fraction of sp³-hybridized carbons (Fsp3) is 0.750. The van der Waals surface area contributed by atoms with Crippen LogP contribution in [0.5, 0.6) is 0 Å². The van der Waals surface area contributed by atoms with Crippen LogP contribution < -0.4 is 0 Å². The summed E-state index contributed by atoms with van der Waals surface area (Å²) in [6, 6.07) is 0. The monoisotopic (exact) mass is 248 g/mol. The van der Waals surface area contributed by atoms with Crippen molar-refractivity contribution in [2.75, 3.05) is 17.3 Å². The van der Waals surface area contributed by atoms with Crippen molar-refractivity contribution < 1.29 is 5.11 Å². The molecule has 1 aliphatic rings. The highest BCUT2D eigenvalue weighted by Gasteiger charge is 2.23. The van der Waals surface area contributed by atoms with Crippen molar-refractivity contribution in [3.8, 4) is 0 Å². The van der Waals surface area contributed by atoms with Crippen molar-refractivity contribution in [3.05, 3.63) is 11.1 Å². The summed E-state index contributed by atoms with van der Waals surface area (Å²) in [5.74, 6) is 3.43. The second-order valence-electron chi connectivity index (χ2n) is 3.15. The Kier molecular flexibility index (Phi) is 4.10. The van der Waals surface area contributed by atoms with E-state index in [2.05, 4.69) is 9.59 Å². The van der Waals surface area contributed by atoms with Gasteiger partial charge in [0.1, 0.15) is 0 Å². The van der Waals surface area contributed by atoms with E-state index in [0.29, 0.717) is 11.7 Å². The summed E-state index contributed by atoms with van der Waals surface area (Å²) in [6.45, 7) is 0. The van der Waals surface area contributed by atoms with Crippen LogP contribution >= 0.6 is 35.1 Å². The van der Waals surface area contributed by atoms with Crippen molar-refractivity contribution in [2.24, 2.45) is 0 Å². The molecule has 1 fully saturated rings. The Bertz CT molecular complexity index is 262. The highest BCUT2D eigenvalue weighted by atomic mass is 32.2. The third-order valence-corrected chi connectivity index (χ3v) is 5.55. The summed E-state index contributed by atoms with van der Waals surface area (Å²) >= 11 is 5.15. The molecule has 3 nitrogen and oxygen atoms in total. The topological polar surface area (TPSA) is 46.0 Å². The van der Waals surface area contributed by atoms with E-state index in [1.165, 1.54) is 17.3 Å². The number of thioether (sulfide) groups is 2. The minimum Gasteiger partial charge on any atom is -0.392 e. The van der Waals surface area contributed by atoms with Crippen LogP contribution in [0.15, 0.2) is 5.38 Å². The highest BCUT2D eigenvalue weighted by molar-refractivity contribution is 8.06. The van der Waals surface area contributed by atoms with Gasteiger partial charge < -0.3 is 5.11 Å². The van der Waals surface area contributed by atoms with Crippen LogP contribution in [0.3, 0.4) is 0 Å². The van der Waals surface area contributed by atoms with Crippen LogP contribution in [0, 0.1) is 0 Å². The zero-order valence-electron chi connectivity index (χ0n) is 7.63. The Hall–Kier alpha value is 0.220. The summed E-state index contributed by atoms with van der Waals surface area (Å²) in [6.07, 6.45) is 0.381. The normalized spacial score (nSPS) is 24.8. The van der Waals surface area contributed by atoms with Crippen molar-refractivity contribution >= 4 is 35.1 Å². The van der Waals surface area contributed by atoms with Gasteiger partial charge in [0.2, 0.25) is 0 Å². The maximum Gasteiger partial charge on any atom is 0.0781 e. The second-order valence-corrected chi connectivity index (χ2v) is 6.26. The molecule has 1 N–H and O–H groups in total. The molecular weight excluding hydrogens is 236 g/mol. The zero-order valence-corrected chi connectivity index (χ0v) is 10.1. The summed E-state index contributed by atoms with van der Waals surface area (Å²) in [4.78, 5) is 0. The molecule has 2 heterocycles. The Balaban J connectivity index is 1.85. The molecule has 0 radical (unpaired) electrons. The van der Waals surface area contributed by atoms with Gasteiger partial charge in [0.05, 0.1) is 11.8 Å². The number of nitrogens with zero attached hydrogens (tertiary/aromatic N) is 2. The van der Waals surface area contributed by atoms with Gasteiger partial charge in [0.25, 0.3) is 0 Å². The van der Waals surface area contributed by atoms with E-state index in [0.717, 1.165) is 17.2 Å². The number of rotatable bonds is 3. The number of aliphatic hydroxyl groups excluding tert-OH is 1. The van der Waals surface area contributed by atoms with Crippen molar-refractivity contribution in [1.29, 1.82) is 0 Å². The average molecular weight is 248 g/mol. The van der Waals surface area contributed by atoms with Crippen molar-refractivity contribution in [2.45, 2.75) is 17.8 Å². The predicted octanol–water partition coefficient (Wildman–Crippen LogP) is 1.29. The maximum atomic E-state index is 9.95. The third-order valence-electron chi connectivity index (χ3n) is 2.09. The van der Waals surface area contributed by atoms with Crippen molar-refractivity contribution in [3.63, 3.8) is 0 Å². The fourth-order valence-corrected chi connectivity index (χ4v) is 4.58. The zero-order chi connectivity index (χ0) is 9.80. The SMILES string of the molecule is OC(Cc1csnn1)C1CSCCS1. The molecule has 0 saturated carbocycles. The first-order chi connectivity index (χ1) is 6.86. The van der Waals surface area contributed by atoms with Gasteiger partial charge in [0.15, 0.2) is 0 Å². The van der Waals surface area contributed by atoms with Gasteiger partial charge in [-0.3, -0.25) is 0 Å². The molecule has 0 bridgehead atoms. The first kappa shape index (κ1) is 10.7. The van der Waals surface area contributed by atoms with Gasteiger partial charge in [-0.05, 0) is 11.5 Å². The van der Waals surface area contributed by atoms with E-state index < -0.39 is 0 Å². The van der Waals surface area contributed by atoms with Gasteiger partial charge in [-0.15, -0.1) is 5.10 Å². The minimum atomic E-state index is -0.267. The molecule has 2 atom stereocenters. The Morgan fingerprint density at radius 2 is 2.50 bits per heavy atom. The van der Waals surface area contributed by atoms with Gasteiger partial charge in [-0.25, -0.2) is 0 Å². The Morgan fingerprint density at radius 3 is 3.14 bits per heavy atom. The molecule has 0 amide bonds. The van der Waals surface area contributed by atoms with Crippen LogP contribution in [0.25, 0.3) is 0 Å². The molecule has 6 heteroatoms. The highest BCUT2D eigenvalue weighted by Crippen LogP contribution is 2.27. The lowest BCUT2D eigenvalue weighted by molar-refractivity contribution is 0.176. The molecule has 0 spiro atoms. The molecule has 14 heavy (non-hydrogen) atoms. The number of hydrogen-bond donors (Lipinski definition) is 1. The van der Waals surface area contributed by atoms with E-state index in [-0.39, 0.29) is 6.10 Å². The average Bonchev–Trinajstić information content (AvgIpc) is 2.72. The lowest BCUT2D eigenvalue weighted by Gasteiger charge is -2.25. The molecule has 1 saturated heterocycles. The van der Waals surface area contributed by atoms with Crippen LogP contribution in [-0.2, 0) is 6.42 Å². The molecule has 1 aliphatic heterocycles. The molecule has 2 unspecified atom stereocenters. The molecule has 1 aromatic rings. The second kappa shape index (κ2) is 5.34. The standard InChI is InChI=1S/C8H12N2OS3/c11-7(3-6-4-14-10-9-6)8-5-12-1-2-13-8/h4,7-8,11H,1-3,5H2. The summed E-state index contributed by atoms with van der Waals surface area (Å²) in [7, 11) is 0. The molecule has 2 rings (SSSR count). The van der Waals surface area contributed by atoms with Gasteiger partial charge in [-0.1, -0.05) is 4.49 Å². The van der Waals surface area contributed by atoms with E-state index in [1.54, 1.807) is 0 Å². The smallest absolute Gasteiger partial charge is 0.0781 e. The number of aliphatic hydroxyl groups is 1. The first-order valence-corrected chi connectivity index (χ1v) is 7.53. The van der Waals surface area contributed by atoms with Crippen LogP contribution in [0.4, 0.5) is 0 Å². The fourth-order valence-electron chi connectivity index (χ4n) is 1.35. The van der Waals surface area contributed by atoms with Gasteiger partial charge in [-0.2, -0.15) is 23.5 Å². The van der Waals surface area contributed by atoms with E-state index in [1.807, 2.05) is 28.9 Å². The van der Waals surface area contributed by atoms with Crippen LogP contribution in [0.1, 0.15) is 5.69 Å². The van der Waals surface area contributed by atoms with Crippen molar-refractivity contribution in [1.82, 2.24) is 9.59 Å². The summed E-state index contributed by atoms with van der Waals surface area (Å²) < 4.78 is 3.79. The molecule has 78 valence electrons.